The van der Waals surface area contributed by atoms with E-state index in [0.717, 1.165) is 19.4 Å². The summed E-state index contributed by atoms with van der Waals surface area (Å²) < 4.78 is 10.4. The molecule has 90 valence electrons. The van der Waals surface area contributed by atoms with Crippen LogP contribution in [0.3, 0.4) is 0 Å². The summed E-state index contributed by atoms with van der Waals surface area (Å²) in [6.07, 6.45) is 2.94. The van der Waals surface area contributed by atoms with Gasteiger partial charge in [0.25, 0.3) is 0 Å². The van der Waals surface area contributed by atoms with Crippen molar-refractivity contribution in [1.29, 1.82) is 0 Å². The Morgan fingerprint density at radius 3 is 3.00 bits per heavy atom. The Labute approximate surface area is 95.3 Å². The fourth-order valence-electron chi connectivity index (χ4n) is 2.68. The van der Waals surface area contributed by atoms with E-state index in [0.29, 0.717) is 26.1 Å². The number of ether oxygens (including phenoxy) is 2. The zero-order valence-electron chi connectivity index (χ0n) is 9.66. The van der Waals surface area contributed by atoms with Gasteiger partial charge in [0.2, 0.25) is 0 Å². The fraction of sp³-hybridized carbons (Fsp3) is 0.833. The maximum Gasteiger partial charge on any atom is 0.316 e. The van der Waals surface area contributed by atoms with E-state index >= 15 is 0 Å². The van der Waals surface area contributed by atoms with E-state index in [1.165, 1.54) is 0 Å². The molecule has 4 heteroatoms. The lowest BCUT2D eigenvalue weighted by Gasteiger charge is -2.34. The highest BCUT2D eigenvalue weighted by molar-refractivity contribution is 5.99. The molecule has 2 fully saturated rings. The van der Waals surface area contributed by atoms with E-state index in [2.05, 4.69) is 0 Å². The number of carbonyl (C=O) groups excluding carboxylic acids is 2. The maximum atomic E-state index is 11.7. The second kappa shape index (κ2) is 4.53. The van der Waals surface area contributed by atoms with Gasteiger partial charge in [0.15, 0.2) is 0 Å². The van der Waals surface area contributed by atoms with Crippen LogP contribution in [0.5, 0.6) is 0 Å². The van der Waals surface area contributed by atoms with Gasteiger partial charge >= 0.3 is 5.97 Å². The molecular weight excluding hydrogens is 208 g/mol. The zero-order valence-corrected chi connectivity index (χ0v) is 9.66. The number of carbonyl (C=O) groups is 2. The minimum Gasteiger partial charge on any atom is -0.465 e. The number of hydrogen-bond donors (Lipinski definition) is 0. The van der Waals surface area contributed by atoms with Gasteiger partial charge in [0.1, 0.15) is 11.7 Å². The molecule has 1 spiro atoms. The van der Waals surface area contributed by atoms with E-state index < -0.39 is 5.92 Å². The summed E-state index contributed by atoms with van der Waals surface area (Å²) in [5.41, 5.74) is 0.0609. The lowest BCUT2D eigenvalue weighted by atomic mass is 9.68. The molecule has 16 heavy (non-hydrogen) atoms. The summed E-state index contributed by atoms with van der Waals surface area (Å²) in [6.45, 7) is 3.55. The molecule has 0 bridgehead atoms. The van der Waals surface area contributed by atoms with Gasteiger partial charge in [0.05, 0.1) is 13.2 Å². The van der Waals surface area contributed by atoms with Crippen LogP contribution < -0.4 is 0 Å². The first-order chi connectivity index (χ1) is 7.67. The van der Waals surface area contributed by atoms with E-state index in [-0.39, 0.29) is 17.2 Å². The standard InChI is InChI=1S/C12H18O4/c1-2-16-11(14)9-7-12(4-3-10(9)13)5-6-15-8-12/h9H,2-8H2,1H3. The van der Waals surface area contributed by atoms with Crippen LogP contribution in [-0.4, -0.2) is 31.6 Å². The Bertz CT molecular complexity index is 291. The monoisotopic (exact) mass is 226 g/mol. The molecule has 0 aromatic rings. The van der Waals surface area contributed by atoms with Crippen molar-refractivity contribution in [2.75, 3.05) is 19.8 Å². The molecule has 0 aromatic heterocycles. The third kappa shape index (κ3) is 2.12. The van der Waals surface area contributed by atoms with Crippen LogP contribution in [0.15, 0.2) is 0 Å². The van der Waals surface area contributed by atoms with Crippen LogP contribution >= 0.6 is 0 Å². The van der Waals surface area contributed by atoms with Crippen molar-refractivity contribution in [3.05, 3.63) is 0 Å². The lowest BCUT2D eigenvalue weighted by Crippen LogP contribution is -2.39. The van der Waals surface area contributed by atoms with Gasteiger partial charge in [-0.25, -0.2) is 0 Å². The smallest absolute Gasteiger partial charge is 0.316 e. The van der Waals surface area contributed by atoms with Crippen LogP contribution in [0.1, 0.15) is 32.6 Å². The van der Waals surface area contributed by atoms with Gasteiger partial charge in [-0.1, -0.05) is 0 Å². The van der Waals surface area contributed by atoms with E-state index in [1.807, 2.05) is 0 Å². The Kier molecular flexibility index (Phi) is 3.28. The molecule has 1 saturated heterocycles. The average Bonchev–Trinajstić information content (AvgIpc) is 2.71. The SMILES string of the molecule is CCOC(=O)C1CC2(CCOC2)CCC1=O. The molecule has 1 saturated carbocycles. The fourth-order valence-corrected chi connectivity index (χ4v) is 2.68. The predicted octanol–water partition coefficient (Wildman–Crippen LogP) is 1.33. The summed E-state index contributed by atoms with van der Waals surface area (Å²) in [5, 5.41) is 0. The molecule has 0 radical (unpaired) electrons. The summed E-state index contributed by atoms with van der Waals surface area (Å²) in [6, 6.07) is 0. The van der Waals surface area contributed by atoms with Crippen molar-refractivity contribution in [1.82, 2.24) is 0 Å². The number of rotatable bonds is 2. The second-order valence-corrected chi connectivity index (χ2v) is 4.78. The van der Waals surface area contributed by atoms with Gasteiger partial charge in [-0.15, -0.1) is 0 Å². The highest BCUT2D eigenvalue weighted by Crippen LogP contribution is 2.44. The third-order valence-corrected chi connectivity index (χ3v) is 3.68. The molecule has 2 rings (SSSR count). The zero-order chi connectivity index (χ0) is 11.6. The molecule has 0 aromatic carbocycles. The van der Waals surface area contributed by atoms with E-state index in [4.69, 9.17) is 9.47 Å². The van der Waals surface area contributed by atoms with Gasteiger partial charge in [-0.3, -0.25) is 9.59 Å². The van der Waals surface area contributed by atoms with Gasteiger partial charge in [0, 0.05) is 13.0 Å². The highest BCUT2D eigenvalue weighted by atomic mass is 16.5. The highest BCUT2D eigenvalue weighted by Gasteiger charge is 2.45. The molecule has 2 unspecified atom stereocenters. The number of ketones is 1. The molecule has 4 nitrogen and oxygen atoms in total. The average molecular weight is 226 g/mol. The number of esters is 1. The van der Waals surface area contributed by atoms with Crippen molar-refractivity contribution in [3.63, 3.8) is 0 Å². The Morgan fingerprint density at radius 1 is 1.56 bits per heavy atom. The van der Waals surface area contributed by atoms with Crippen LogP contribution in [0, 0.1) is 11.3 Å². The van der Waals surface area contributed by atoms with E-state index in [9.17, 15) is 9.59 Å². The van der Waals surface area contributed by atoms with Crippen LogP contribution in [0.2, 0.25) is 0 Å². The Morgan fingerprint density at radius 2 is 2.38 bits per heavy atom. The minimum absolute atomic E-state index is 0.0379. The second-order valence-electron chi connectivity index (χ2n) is 4.78. The topological polar surface area (TPSA) is 52.6 Å². The first kappa shape index (κ1) is 11.6. The number of Topliss-reactive ketones (excluding diaryl/α,β-unsaturated/α-hetero) is 1. The first-order valence-electron chi connectivity index (χ1n) is 5.94. The summed E-state index contributed by atoms with van der Waals surface area (Å²) in [7, 11) is 0. The largest absolute Gasteiger partial charge is 0.465 e. The van der Waals surface area contributed by atoms with Gasteiger partial charge in [-0.05, 0) is 31.6 Å². The minimum atomic E-state index is -0.546. The van der Waals surface area contributed by atoms with Crippen molar-refractivity contribution in [2.24, 2.45) is 11.3 Å². The quantitative estimate of drug-likeness (QED) is 0.526. The Balaban J connectivity index is 2.05. The molecule has 1 aliphatic carbocycles. The first-order valence-corrected chi connectivity index (χ1v) is 5.94. The molecule has 1 aliphatic heterocycles. The van der Waals surface area contributed by atoms with Crippen molar-refractivity contribution >= 4 is 11.8 Å². The van der Waals surface area contributed by atoms with Crippen molar-refractivity contribution in [2.45, 2.75) is 32.6 Å². The van der Waals surface area contributed by atoms with E-state index in [1.54, 1.807) is 6.92 Å². The number of hydrogen-bond acceptors (Lipinski definition) is 4. The van der Waals surface area contributed by atoms with Gasteiger partial charge < -0.3 is 9.47 Å². The van der Waals surface area contributed by atoms with Crippen molar-refractivity contribution in [3.8, 4) is 0 Å². The van der Waals surface area contributed by atoms with Crippen LogP contribution in [-0.2, 0) is 19.1 Å². The normalized spacial score (nSPS) is 34.3. The molecule has 2 atom stereocenters. The summed E-state index contributed by atoms with van der Waals surface area (Å²) >= 11 is 0. The molecular formula is C12H18O4. The van der Waals surface area contributed by atoms with Gasteiger partial charge in [-0.2, -0.15) is 0 Å². The predicted molar refractivity (Wildman–Crippen MR) is 56.9 cm³/mol. The van der Waals surface area contributed by atoms with Crippen LogP contribution in [0.4, 0.5) is 0 Å². The maximum absolute atomic E-state index is 11.7. The molecule has 0 N–H and O–H groups in total. The summed E-state index contributed by atoms with van der Waals surface area (Å²) in [4.78, 5) is 23.4. The summed E-state index contributed by atoms with van der Waals surface area (Å²) in [5.74, 6) is -0.857. The third-order valence-electron chi connectivity index (χ3n) is 3.68. The lowest BCUT2D eigenvalue weighted by molar-refractivity contribution is -0.155. The molecule has 1 heterocycles. The van der Waals surface area contributed by atoms with Crippen LogP contribution in [0.25, 0.3) is 0 Å². The molecule has 0 amide bonds. The van der Waals surface area contributed by atoms with Crippen molar-refractivity contribution < 1.29 is 19.1 Å². The molecule has 2 aliphatic rings. The Hall–Kier alpha value is -0.900.